The molecule has 0 fully saturated rings. The Bertz CT molecular complexity index is 1300. The van der Waals surface area contributed by atoms with E-state index in [-0.39, 0.29) is 0 Å². The number of aromatic nitrogens is 2. The summed E-state index contributed by atoms with van der Waals surface area (Å²) in [5.74, 6) is -0.0250. The summed E-state index contributed by atoms with van der Waals surface area (Å²) in [6.07, 6.45) is 2.89. The van der Waals surface area contributed by atoms with E-state index in [1.54, 1.807) is 25.2 Å². The van der Waals surface area contributed by atoms with Gasteiger partial charge in [-0.25, -0.2) is 9.78 Å². The van der Waals surface area contributed by atoms with Gasteiger partial charge in [-0.3, -0.25) is 9.69 Å². The van der Waals surface area contributed by atoms with Crippen LogP contribution in [-0.4, -0.2) is 36.1 Å². The number of amides is 2. The van der Waals surface area contributed by atoms with Crippen LogP contribution in [0.4, 0.5) is 27.7 Å². The van der Waals surface area contributed by atoms with Crippen LogP contribution in [0.5, 0.6) is 0 Å². The minimum Gasteiger partial charge on any atom is -0.452 e. The number of hydrogen-bond donors (Lipinski definition) is 4. The zero-order valence-electron chi connectivity index (χ0n) is 18.3. The van der Waals surface area contributed by atoms with Crippen molar-refractivity contribution in [3.8, 4) is 0 Å². The highest BCUT2D eigenvalue weighted by Gasteiger charge is 2.13. The number of nitrogens with two attached hydrogens (primary N) is 1. The fourth-order valence-electron chi connectivity index (χ4n) is 3.52. The standard InChI is InChI=1S/C24H24N6O3/c1-30(24(32)33-2)17-8-6-16(7-9-17)29-22-12-21(19(14-28-22)23(25)31)27-13-15-4-3-5-20-18(15)10-11-26-20/h3-12,14,26H,13H2,1-2H3,(H2,25,31)(H2,27,28,29). The summed E-state index contributed by atoms with van der Waals surface area (Å²) in [5.41, 5.74) is 10.0. The van der Waals surface area contributed by atoms with E-state index in [4.69, 9.17) is 10.5 Å². The highest BCUT2D eigenvalue weighted by Crippen LogP contribution is 2.25. The van der Waals surface area contributed by atoms with Gasteiger partial charge in [0.05, 0.1) is 18.4 Å². The molecule has 0 bridgehead atoms. The molecule has 0 aliphatic rings. The highest BCUT2D eigenvalue weighted by atomic mass is 16.5. The van der Waals surface area contributed by atoms with E-state index in [1.807, 2.05) is 42.6 Å². The Labute approximate surface area is 190 Å². The number of hydrogen-bond acceptors (Lipinski definition) is 6. The molecule has 0 atom stereocenters. The number of ether oxygens (including phenoxy) is 1. The second-order valence-electron chi connectivity index (χ2n) is 7.39. The van der Waals surface area contributed by atoms with Gasteiger partial charge < -0.3 is 26.1 Å². The van der Waals surface area contributed by atoms with E-state index in [2.05, 4.69) is 20.6 Å². The molecule has 9 heteroatoms. The number of anilines is 4. The number of H-pyrrole nitrogens is 1. The van der Waals surface area contributed by atoms with Gasteiger partial charge in [-0.05, 0) is 42.0 Å². The first-order chi connectivity index (χ1) is 16.0. The molecule has 4 rings (SSSR count). The van der Waals surface area contributed by atoms with Crippen LogP contribution >= 0.6 is 0 Å². The number of carbonyl (C=O) groups excluding carboxylic acids is 2. The Morgan fingerprint density at radius 2 is 1.94 bits per heavy atom. The number of nitrogens with zero attached hydrogens (tertiary/aromatic N) is 2. The average Bonchev–Trinajstić information content (AvgIpc) is 3.32. The summed E-state index contributed by atoms with van der Waals surface area (Å²) in [4.78, 5) is 32.5. The maximum atomic E-state index is 11.9. The van der Waals surface area contributed by atoms with Crippen molar-refractivity contribution in [1.82, 2.24) is 9.97 Å². The van der Waals surface area contributed by atoms with E-state index in [9.17, 15) is 9.59 Å². The number of methoxy groups -OCH3 is 1. The van der Waals surface area contributed by atoms with Gasteiger partial charge in [0.25, 0.3) is 5.91 Å². The van der Waals surface area contributed by atoms with Crippen LogP contribution < -0.4 is 21.3 Å². The molecule has 168 valence electrons. The lowest BCUT2D eigenvalue weighted by molar-refractivity contribution is 0.100. The number of rotatable bonds is 7. The van der Waals surface area contributed by atoms with Crippen molar-refractivity contribution in [2.75, 3.05) is 29.7 Å². The molecule has 0 spiro atoms. The lowest BCUT2D eigenvalue weighted by Gasteiger charge is -2.16. The third-order valence-corrected chi connectivity index (χ3v) is 5.30. The minimum atomic E-state index is -0.563. The van der Waals surface area contributed by atoms with Gasteiger partial charge >= 0.3 is 6.09 Å². The maximum absolute atomic E-state index is 11.9. The second kappa shape index (κ2) is 9.31. The average molecular weight is 444 g/mol. The van der Waals surface area contributed by atoms with Crippen molar-refractivity contribution in [3.05, 3.63) is 78.1 Å². The molecule has 33 heavy (non-hydrogen) atoms. The van der Waals surface area contributed by atoms with Crippen LogP contribution in [-0.2, 0) is 11.3 Å². The van der Waals surface area contributed by atoms with Crippen molar-refractivity contribution in [2.24, 2.45) is 5.73 Å². The van der Waals surface area contributed by atoms with Gasteiger partial charge in [-0.15, -0.1) is 0 Å². The van der Waals surface area contributed by atoms with E-state index >= 15 is 0 Å². The van der Waals surface area contributed by atoms with Crippen LogP contribution in [0, 0.1) is 0 Å². The fraction of sp³-hybridized carbons (Fsp3) is 0.125. The fourth-order valence-corrected chi connectivity index (χ4v) is 3.52. The number of aromatic amines is 1. The number of carbonyl (C=O) groups is 2. The third-order valence-electron chi connectivity index (χ3n) is 5.30. The van der Waals surface area contributed by atoms with Crippen molar-refractivity contribution < 1.29 is 14.3 Å². The molecule has 0 saturated carbocycles. The zero-order chi connectivity index (χ0) is 23.4. The Kier molecular flexibility index (Phi) is 6.12. The van der Waals surface area contributed by atoms with Crippen LogP contribution in [0.2, 0.25) is 0 Å². The number of pyridine rings is 1. The smallest absolute Gasteiger partial charge is 0.413 e. The first-order valence-corrected chi connectivity index (χ1v) is 10.2. The summed E-state index contributed by atoms with van der Waals surface area (Å²) in [6, 6.07) is 17.0. The van der Waals surface area contributed by atoms with Crippen molar-refractivity contribution >= 4 is 45.8 Å². The predicted octanol–water partition coefficient (Wildman–Crippen LogP) is 4.22. The van der Waals surface area contributed by atoms with E-state index in [1.165, 1.54) is 18.2 Å². The van der Waals surface area contributed by atoms with Gasteiger partial charge in [0.1, 0.15) is 5.82 Å². The van der Waals surface area contributed by atoms with Crippen LogP contribution in [0.1, 0.15) is 15.9 Å². The van der Waals surface area contributed by atoms with Gasteiger partial charge in [0.2, 0.25) is 0 Å². The molecule has 2 aromatic heterocycles. The summed E-state index contributed by atoms with van der Waals surface area (Å²) in [7, 11) is 2.96. The molecular weight excluding hydrogens is 420 g/mol. The molecule has 4 aromatic rings. The van der Waals surface area contributed by atoms with Crippen molar-refractivity contribution in [3.63, 3.8) is 0 Å². The normalized spacial score (nSPS) is 10.6. The SMILES string of the molecule is COC(=O)N(C)c1ccc(Nc2cc(NCc3cccc4[nH]ccc34)c(C(N)=O)cn2)cc1. The molecule has 9 nitrogen and oxygen atoms in total. The predicted molar refractivity (Wildman–Crippen MR) is 129 cm³/mol. The van der Waals surface area contributed by atoms with Gasteiger partial charge in [0, 0.05) is 54.3 Å². The first-order valence-electron chi connectivity index (χ1n) is 10.2. The van der Waals surface area contributed by atoms with Crippen LogP contribution in [0.3, 0.4) is 0 Å². The zero-order valence-corrected chi connectivity index (χ0v) is 18.3. The van der Waals surface area contributed by atoms with Gasteiger partial charge in [-0.2, -0.15) is 0 Å². The van der Waals surface area contributed by atoms with E-state index in [0.29, 0.717) is 29.3 Å². The summed E-state index contributed by atoms with van der Waals surface area (Å²) < 4.78 is 4.72. The summed E-state index contributed by atoms with van der Waals surface area (Å²) in [6.45, 7) is 0.507. The number of primary amides is 1. The molecule has 0 saturated heterocycles. The van der Waals surface area contributed by atoms with E-state index < -0.39 is 12.0 Å². The quantitative estimate of drug-likeness (QED) is 0.338. The summed E-state index contributed by atoms with van der Waals surface area (Å²) >= 11 is 0. The Morgan fingerprint density at radius 3 is 2.67 bits per heavy atom. The molecule has 5 N–H and O–H groups in total. The van der Waals surface area contributed by atoms with E-state index in [0.717, 1.165) is 22.2 Å². The largest absolute Gasteiger partial charge is 0.452 e. The van der Waals surface area contributed by atoms with Gasteiger partial charge in [0.15, 0.2) is 0 Å². The molecule has 2 aromatic carbocycles. The molecule has 0 aliphatic heterocycles. The summed E-state index contributed by atoms with van der Waals surface area (Å²) in [5, 5.41) is 7.62. The van der Waals surface area contributed by atoms with Crippen LogP contribution in [0.15, 0.2) is 67.0 Å². The molecule has 0 aliphatic carbocycles. The number of fused-ring (bicyclic) bond motifs is 1. The maximum Gasteiger partial charge on any atom is 0.413 e. The molecule has 2 amide bonds. The first kappa shape index (κ1) is 21.7. The number of benzene rings is 2. The molecule has 0 radical (unpaired) electrons. The molecule has 2 heterocycles. The Morgan fingerprint density at radius 1 is 1.15 bits per heavy atom. The molecular formula is C24H24N6O3. The Hall–Kier alpha value is -4.53. The topological polar surface area (TPSA) is 125 Å². The molecule has 0 unspecified atom stereocenters. The Balaban J connectivity index is 1.53. The van der Waals surface area contributed by atoms with Crippen molar-refractivity contribution in [1.29, 1.82) is 0 Å². The van der Waals surface area contributed by atoms with Gasteiger partial charge in [-0.1, -0.05) is 12.1 Å². The lowest BCUT2D eigenvalue weighted by atomic mass is 10.1. The van der Waals surface area contributed by atoms with Crippen molar-refractivity contribution in [2.45, 2.75) is 6.54 Å². The monoisotopic (exact) mass is 444 g/mol. The highest BCUT2D eigenvalue weighted by molar-refractivity contribution is 5.98. The third kappa shape index (κ3) is 4.72. The second-order valence-corrected chi connectivity index (χ2v) is 7.39. The number of nitrogens with one attached hydrogen (secondary N) is 3. The van der Waals surface area contributed by atoms with Crippen LogP contribution in [0.25, 0.3) is 10.9 Å². The minimum absolute atomic E-state index is 0.303. The lowest BCUT2D eigenvalue weighted by Crippen LogP contribution is -2.25.